The maximum atomic E-state index is 12.4. The average Bonchev–Trinajstić information content (AvgIpc) is 2.63. The Kier molecular flexibility index (Phi) is 4.36. The molecule has 0 aliphatic carbocycles. The molecule has 0 saturated heterocycles. The maximum absolute atomic E-state index is 12.4. The highest BCUT2D eigenvalue weighted by molar-refractivity contribution is 7.92. The minimum Gasteiger partial charge on any atom is -0.495 e. The van der Waals surface area contributed by atoms with Crippen LogP contribution in [0.1, 0.15) is 5.69 Å². The summed E-state index contributed by atoms with van der Waals surface area (Å²) in [6.45, 7) is 1.57. The van der Waals surface area contributed by atoms with Crippen molar-refractivity contribution in [2.45, 2.75) is 11.8 Å². The van der Waals surface area contributed by atoms with Gasteiger partial charge in [-0.2, -0.15) is 5.10 Å². The van der Waals surface area contributed by atoms with E-state index < -0.39 is 10.0 Å². The standard InChI is InChI=1S/C12H13Cl2N3O3S/c1-7-11(12(14)17(2)15-7)21(18,19)16-8-4-5-10(20-3)9(13)6-8/h4-6,16H,1-3H3. The number of nitrogens with zero attached hydrogens (tertiary/aromatic N) is 2. The van der Waals surface area contributed by atoms with E-state index in [1.54, 1.807) is 26.1 Å². The molecule has 1 N–H and O–H groups in total. The van der Waals surface area contributed by atoms with Crippen LogP contribution in [0.5, 0.6) is 5.75 Å². The van der Waals surface area contributed by atoms with Crippen LogP contribution in [0.25, 0.3) is 0 Å². The number of nitrogens with one attached hydrogen (secondary N) is 1. The van der Waals surface area contributed by atoms with Crippen molar-refractivity contribution in [3.63, 3.8) is 0 Å². The van der Waals surface area contributed by atoms with Crippen molar-refractivity contribution in [3.8, 4) is 5.75 Å². The first-order valence-corrected chi connectivity index (χ1v) is 8.05. The SMILES string of the molecule is COc1ccc(NS(=O)(=O)c2c(C)nn(C)c2Cl)cc1Cl. The Hall–Kier alpha value is -1.44. The molecule has 0 atom stereocenters. The average molecular weight is 350 g/mol. The second kappa shape index (κ2) is 5.75. The van der Waals surface area contributed by atoms with E-state index in [2.05, 4.69) is 9.82 Å². The predicted molar refractivity (Wildman–Crippen MR) is 81.8 cm³/mol. The van der Waals surface area contributed by atoms with Crippen LogP contribution < -0.4 is 9.46 Å². The van der Waals surface area contributed by atoms with Crippen LogP contribution in [0.2, 0.25) is 10.2 Å². The minimum absolute atomic E-state index is 0.0413. The van der Waals surface area contributed by atoms with E-state index in [1.165, 1.54) is 17.9 Å². The molecule has 0 radical (unpaired) electrons. The number of sulfonamides is 1. The number of halogens is 2. The number of hydrogen-bond donors (Lipinski definition) is 1. The lowest BCUT2D eigenvalue weighted by Crippen LogP contribution is -2.14. The van der Waals surface area contributed by atoms with Crippen LogP contribution in [-0.4, -0.2) is 25.3 Å². The van der Waals surface area contributed by atoms with Gasteiger partial charge in [-0.1, -0.05) is 23.2 Å². The summed E-state index contributed by atoms with van der Waals surface area (Å²) >= 11 is 11.9. The fourth-order valence-electron chi connectivity index (χ4n) is 1.85. The Labute approximate surface area is 132 Å². The lowest BCUT2D eigenvalue weighted by Gasteiger charge is -2.09. The zero-order valence-corrected chi connectivity index (χ0v) is 13.8. The lowest BCUT2D eigenvalue weighted by molar-refractivity contribution is 0.415. The van der Waals surface area contributed by atoms with Crippen molar-refractivity contribution in [3.05, 3.63) is 34.1 Å². The highest BCUT2D eigenvalue weighted by Crippen LogP contribution is 2.30. The van der Waals surface area contributed by atoms with E-state index in [0.717, 1.165) is 0 Å². The number of rotatable bonds is 4. The number of methoxy groups -OCH3 is 1. The first-order valence-electron chi connectivity index (χ1n) is 5.81. The van der Waals surface area contributed by atoms with Crippen LogP contribution in [0, 0.1) is 6.92 Å². The van der Waals surface area contributed by atoms with Gasteiger partial charge in [0.25, 0.3) is 10.0 Å². The largest absolute Gasteiger partial charge is 0.495 e. The third-order valence-corrected chi connectivity index (χ3v) is 5.14. The number of ether oxygens (including phenoxy) is 1. The van der Waals surface area contributed by atoms with E-state index >= 15 is 0 Å². The molecule has 0 aliphatic heterocycles. The zero-order chi connectivity index (χ0) is 15.8. The lowest BCUT2D eigenvalue weighted by atomic mass is 10.3. The highest BCUT2D eigenvalue weighted by atomic mass is 35.5. The number of aryl methyl sites for hydroxylation is 2. The number of benzene rings is 1. The molecule has 2 aromatic rings. The molecule has 6 nitrogen and oxygen atoms in total. The topological polar surface area (TPSA) is 73.2 Å². The van der Waals surface area contributed by atoms with E-state index in [9.17, 15) is 8.42 Å². The Morgan fingerprint density at radius 1 is 1.33 bits per heavy atom. The highest BCUT2D eigenvalue weighted by Gasteiger charge is 2.25. The molecule has 0 bridgehead atoms. The van der Waals surface area contributed by atoms with Crippen LogP contribution in [0.15, 0.2) is 23.1 Å². The number of anilines is 1. The molecule has 0 spiro atoms. The summed E-state index contributed by atoms with van der Waals surface area (Å²) in [4.78, 5) is -0.0568. The molecule has 2 rings (SSSR count). The van der Waals surface area contributed by atoms with Crippen molar-refractivity contribution in [2.75, 3.05) is 11.8 Å². The quantitative estimate of drug-likeness (QED) is 0.920. The van der Waals surface area contributed by atoms with E-state index in [0.29, 0.717) is 22.2 Å². The second-order valence-corrected chi connectivity index (χ2v) is 6.67. The van der Waals surface area contributed by atoms with E-state index in [-0.39, 0.29) is 10.0 Å². The summed E-state index contributed by atoms with van der Waals surface area (Å²) in [5.41, 5.74) is 0.620. The molecule has 21 heavy (non-hydrogen) atoms. The minimum atomic E-state index is -3.85. The Morgan fingerprint density at radius 2 is 2.00 bits per heavy atom. The van der Waals surface area contributed by atoms with Crippen LogP contribution in [0.4, 0.5) is 5.69 Å². The Bertz CT molecular complexity index is 787. The summed E-state index contributed by atoms with van der Waals surface area (Å²) in [7, 11) is -0.811. The van der Waals surface area contributed by atoms with Gasteiger partial charge in [0.2, 0.25) is 0 Å². The predicted octanol–water partition coefficient (Wildman–Crippen LogP) is 2.84. The molecule has 0 aliphatic rings. The van der Waals surface area contributed by atoms with Gasteiger partial charge < -0.3 is 4.74 Å². The second-order valence-electron chi connectivity index (χ2n) is 4.28. The molecule has 114 valence electrons. The third-order valence-electron chi connectivity index (χ3n) is 2.77. The summed E-state index contributed by atoms with van der Waals surface area (Å²) in [5, 5.41) is 4.32. The van der Waals surface area contributed by atoms with Crippen LogP contribution >= 0.6 is 23.2 Å². The van der Waals surface area contributed by atoms with Gasteiger partial charge in [-0.25, -0.2) is 8.42 Å². The normalized spacial score (nSPS) is 11.5. The van der Waals surface area contributed by atoms with Gasteiger partial charge in [0.1, 0.15) is 15.8 Å². The smallest absolute Gasteiger partial charge is 0.266 e. The number of hydrogen-bond acceptors (Lipinski definition) is 4. The van der Waals surface area contributed by atoms with E-state index in [1.807, 2.05) is 0 Å². The van der Waals surface area contributed by atoms with Gasteiger partial charge in [0.15, 0.2) is 0 Å². The Morgan fingerprint density at radius 3 is 2.48 bits per heavy atom. The monoisotopic (exact) mass is 349 g/mol. The zero-order valence-electron chi connectivity index (χ0n) is 11.5. The molecule has 1 heterocycles. The first-order chi connectivity index (χ1) is 9.76. The van der Waals surface area contributed by atoms with Crippen LogP contribution in [0.3, 0.4) is 0 Å². The van der Waals surface area contributed by atoms with Gasteiger partial charge in [0, 0.05) is 7.05 Å². The molecule has 0 amide bonds. The van der Waals surface area contributed by atoms with Gasteiger partial charge >= 0.3 is 0 Å². The van der Waals surface area contributed by atoms with Crippen molar-refractivity contribution in [1.29, 1.82) is 0 Å². The molecular weight excluding hydrogens is 337 g/mol. The fraction of sp³-hybridized carbons (Fsp3) is 0.250. The maximum Gasteiger partial charge on any atom is 0.266 e. The molecule has 0 fully saturated rings. The van der Waals surface area contributed by atoms with Crippen molar-refractivity contribution >= 4 is 38.9 Å². The molecule has 9 heteroatoms. The van der Waals surface area contributed by atoms with Crippen LogP contribution in [-0.2, 0) is 17.1 Å². The molecule has 0 saturated carbocycles. The fourth-order valence-corrected chi connectivity index (χ4v) is 3.91. The summed E-state index contributed by atoms with van der Waals surface area (Å²) < 4.78 is 33.5. The van der Waals surface area contributed by atoms with Gasteiger partial charge in [0.05, 0.1) is 23.5 Å². The first kappa shape index (κ1) is 15.9. The molecule has 0 unspecified atom stereocenters. The number of aromatic nitrogens is 2. The molecular formula is C12H13Cl2N3O3S. The molecule has 1 aromatic carbocycles. The van der Waals surface area contributed by atoms with Crippen molar-refractivity contribution in [2.24, 2.45) is 7.05 Å². The third kappa shape index (κ3) is 3.09. The summed E-state index contributed by atoms with van der Waals surface area (Å²) in [6, 6.07) is 4.57. The van der Waals surface area contributed by atoms with Crippen molar-refractivity contribution in [1.82, 2.24) is 9.78 Å². The summed E-state index contributed by atoms with van der Waals surface area (Å²) in [6.07, 6.45) is 0. The van der Waals surface area contributed by atoms with Crippen molar-refractivity contribution < 1.29 is 13.2 Å². The molecule has 1 aromatic heterocycles. The Balaban J connectivity index is 2.40. The van der Waals surface area contributed by atoms with Gasteiger partial charge in [-0.05, 0) is 25.1 Å². The van der Waals surface area contributed by atoms with Gasteiger partial charge in [-0.15, -0.1) is 0 Å². The van der Waals surface area contributed by atoms with E-state index in [4.69, 9.17) is 27.9 Å². The van der Waals surface area contributed by atoms with Gasteiger partial charge in [-0.3, -0.25) is 9.40 Å². The summed E-state index contributed by atoms with van der Waals surface area (Å²) in [5.74, 6) is 0.454.